The minimum Gasteiger partial charge on any atom is -0.507 e. The number of aromatic amines is 1. The standard InChI is InChI=1S/C29H28FN3O4/c1-16-13-17(2)28(34)20(14-16)25-24-26(32-31-25)29(35)33(27(24)19-7-5-6-8-21(19)30)12-11-18-9-10-22(36-3)23(15-18)37-4/h5-10,13-15,27,34H,11-12H2,1-4H3,(H,31,32)/t27-/m0/s1. The number of H-pyrrole nitrogens is 1. The molecule has 0 radical (unpaired) electrons. The molecule has 0 fully saturated rings. The van der Waals surface area contributed by atoms with Crippen LogP contribution in [0.25, 0.3) is 11.3 Å². The van der Waals surface area contributed by atoms with Gasteiger partial charge < -0.3 is 19.5 Å². The first-order valence-corrected chi connectivity index (χ1v) is 12.0. The number of benzene rings is 3. The van der Waals surface area contributed by atoms with Crippen molar-refractivity contribution >= 4 is 5.91 Å². The number of ether oxygens (including phenoxy) is 2. The van der Waals surface area contributed by atoms with Gasteiger partial charge in [0.1, 0.15) is 23.0 Å². The molecule has 0 aliphatic carbocycles. The number of carbonyl (C=O) groups is 1. The first-order chi connectivity index (χ1) is 17.8. The van der Waals surface area contributed by atoms with Crippen molar-refractivity contribution in [1.29, 1.82) is 0 Å². The van der Waals surface area contributed by atoms with Gasteiger partial charge in [-0.15, -0.1) is 0 Å². The number of halogens is 1. The maximum absolute atomic E-state index is 15.2. The number of carbonyl (C=O) groups excluding carboxylic acids is 1. The van der Waals surface area contributed by atoms with Crippen LogP contribution in [0.1, 0.15) is 44.3 Å². The Bertz CT molecular complexity index is 1500. The zero-order valence-electron chi connectivity index (χ0n) is 21.1. The lowest BCUT2D eigenvalue weighted by atomic mass is 9.93. The molecule has 2 heterocycles. The van der Waals surface area contributed by atoms with Gasteiger partial charge in [0.05, 0.1) is 20.3 Å². The van der Waals surface area contributed by atoms with Gasteiger partial charge in [-0.05, 0) is 61.2 Å². The largest absolute Gasteiger partial charge is 0.507 e. The second kappa shape index (κ2) is 9.61. The predicted molar refractivity (Wildman–Crippen MR) is 138 cm³/mol. The van der Waals surface area contributed by atoms with Gasteiger partial charge in [0.2, 0.25) is 0 Å². The van der Waals surface area contributed by atoms with E-state index in [-0.39, 0.29) is 11.7 Å². The molecule has 1 amide bonds. The Balaban J connectivity index is 1.58. The average molecular weight is 502 g/mol. The molecular weight excluding hydrogens is 473 g/mol. The van der Waals surface area contributed by atoms with E-state index >= 15 is 4.39 Å². The number of fused-ring (bicyclic) bond motifs is 1. The van der Waals surface area contributed by atoms with Gasteiger partial charge in [-0.3, -0.25) is 9.89 Å². The number of phenolic OH excluding ortho intramolecular Hbond substituents is 1. The molecule has 1 atom stereocenters. The second-order valence-corrected chi connectivity index (χ2v) is 9.20. The highest BCUT2D eigenvalue weighted by molar-refractivity contribution is 6.00. The molecule has 37 heavy (non-hydrogen) atoms. The van der Waals surface area contributed by atoms with Crippen molar-refractivity contribution in [3.63, 3.8) is 0 Å². The number of nitrogens with one attached hydrogen (secondary N) is 1. The number of methoxy groups -OCH3 is 2. The Morgan fingerprint density at radius 3 is 2.54 bits per heavy atom. The van der Waals surface area contributed by atoms with Crippen molar-refractivity contribution in [3.8, 4) is 28.5 Å². The van der Waals surface area contributed by atoms with Crippen LogP contribution in [0.5, 0.6) is 17.2 Å². The van der Waals surface area contributed by atoms with Crippen molar-refractivity contribution in [2.24, 2.45) is 0 Å². The number of nitrogens with zero attached hydrogens (tertiary/aromatic N) is 2. The lowest BCUT2D eigenvalue weighted by Gasteiger charge is -2.27. The van der Waals surface area contributed by atoms with Crippen LogP contribution in [0.2, 0.25) is 0 Å². The van der Waals surface area contributed by atoms with Gasteiger partial charge >= 0.3 is 0 Å². The van der Waals surface area contributed by atoms with Crippen LogP contribution in [-0.2, 0) is 6.42 Å². The third kappa shape index (κ3) is 4.18. The summed E-state index contributed by atoms with van der Waals surface area (Å²) >= 11 is 0. The molecular formula is C29H28FN3O4. The van der Waals surface area contributed by atoms with Gasteiger partial charge in [-0.1, -0.05) is 30.3 Å². The van der Waals surface area contributed by atoms with Crippen molar-refractivity contribution in [3.05, 3.63) is 93.9 Å². The SMILES string of the molecule is COc1ccc(CCN2C(=O)c3[nH]nc(-c4cc(C)cc(C)c4O)c3[C@@H]2c2ccccc2F)cc1OC. The van der Waals surface area contributed by atoms with E-state index in [2.05, 4.69) is 10.2 Å². The average Bonchev–Trinajstić information content (AvgIpc) is 3.43. The summed E-state index contributed by atoms with van der Waals surface area (Å²) in [5.41, 5.74) is 4.76. The zero-order chi connectivity index (χ0) is 26.3. The van der Waals surface area contributed by atoms with Crippen molar-refractivity contribution in [2.75, 3.05) is 20.8 Å². The molecule has 3 aromatic carbocycles. The highest BCUT2D eigenvalue weighted by Gasteiger charge is 2.43. The molecule has 1 aliphatic rings. The van der Waals surface area contributed by atoms with Gasteiger partial charge in [0.25, 0.3) is 5.91 Å². The Morgan fingerprint density at radius 1 is 1.05 bits per heavy atom. The van der Waals surface area contributed by atoms with Crippen molar-refractivity contribution in [1.82, 2.24) is 15.1 Å². The minimum absolute atomic E-state index is 0.0865. The van der Waals surface area contributed by atoms with E-state index in [9.17, 15) is 9.90 Å². The number of aromatic nitrogens is 2. The fraction of sp³-hybridized carbons (Fsp3) is 0.241. The molecule has 0 unspecified atom stereocenters. The van der Waals surface area contributed by atoms with Crippen LogP contribution in [0.15, 0.2) is 54.6 Å². The molecule has 1 aromatic heterocycles. The van der Waals surface area contributed by atoms with E-state index in [1.165, 1.54) is 6.07 Å². The van der Waals surface area contributed by atoms with Crippen LogP contribution in [-0.4, -0.2) is 46.9 Å². The Morgan fingerprint density at radius 2 is 1.81 bits per heavy atom. The molecule has 8 heteroatoms. The zero-order valence-corrected chi connectivity index (χ0v) is 21.1. The van der Waals surface area contributed by atoms with Gasteiger partial charge in [-0.25, -0.2) is 4.39 Å². The number of phenols is 1. The lowest BCUT2D eigenvalue weighted by molar-refractivity contribution is 0.0744. The molecule has 0 spiro atoms. The minimum atomic E-state index is -0.710. The van der Waals surface area contributed by atoms with Crippen molar-refractivity contribution in [2.45, 2.75) is 26.3 Å². The fourth-order valence-corrected chi connectivity index (χ4v) is 5.08. The van der Waals surface area contributed by atoms with E-state index in [0.29, 0.717) is 58.1 Å². The Kier molecular flexibility index (Phi) is 6.33. The lowest BCUT2D eigenvalue weighted by Crippen LogP contribution is -2.32. The van der Waals surface area contributed by atoms with Crippen LogP contribution < -0.4 is 9.47 Å². The maximum Gasteiger partial charge on any atom is 0.273 e. The third-order valence-electron chi connectivity index (χ3n) is 6.85. The molecule has 1 aliphatic heterocycles. The smallest absolute Gasteiger partial charge is 0.273 e. The molecule has 0 saturated heterocycles. The summed E-state index contributed by atoms with van der Waals surface area (Å²) in [6.07, 6.45) is 0.513. The Labute approximate surface area is 214 Å². The molecule has 2 N–H and O–H groups in total. The molecule has 7 nitrogen and oxygen atoms in total. The first-order valence-electron chi connectivity index (χ1n) is 12.0. The summed E-state index contributed by atoms with van der Waals surface area (Å²) in [5, 5.41) is 18.1. The molecule has 0 bridgehead atoms. The van der Waals surface area contributed by atoms with Crippen LogP contribution >= 0.6 is 0 Å². The van der Waals surface area contributed by atoms with E-state index in [1.807, 2.05) is 44.2 Å². The van der Waals surface area contributed by atoms with Gasteiger partial charge in [-0.2, -0.15) is 5.10 Å². The van der Waals surface area contributed by atoms with E-state index in [4.69, 9.17) is 9.47 Å². The monoisotopic (exact) mass is 501 g/mol. The van der Waals surface area contributed by atoms with Crippen LogP contribution in [0.4, 0.5) is 4.39 Å². The number of amides is 1. The summed E-state index contributed by atoms with van der Waals surface area (Å²) in [6, 6.07) is 15.0. The Hall–Kier alpha value is -4.33. The quantitative estimate of drug-likeness (QED) is 0.357. The summed E-state index contributed by atoms with van der Waals surface area (Å²) < 4.78 is 25.9. The van der Waals surface area contributed by atoms with E-state index in [0.717, 1.165) is 11.1 Å². The molecule has 4 aromatic rings. The normalized spacial score (nSPS) is 14.7. The predicted octanol–water partition coefficient (Wildman–Crippen LogP) is 5.34. The number of hydrogen-bond acceptors (Lipinski definition) is 5. The number of aryl methyl sites for hydroxylation is 2. The van der Waals surface area contributed by atoms with Crippen LogP contribution in [0, 0.1) is 19.7 Å². The topological polar surface area (TPSA) is 87.7 Å². The molecule has 0 saturated carbocycles. The third-order valence-corrected chi connectivity index (χ3v) is 6.85. The summed E-state index contributed by atoms with van der Waals surface area (Å²) in [5.74, 6) is 0.614. The summed E-state index contributed by atoms with van der Waals surface area (Å²) in [7, 11) is 3.15. The second-order valence-electron chi connectivity index (χ2n) is 9.20. The van der Waals surface area contributed by atoms with Crippen molar-refractivity contribution < 1.29 is 23.8 Å². The van der Waals surface area contributed by atoms with Crippen LogP contribution in [0.3, 0.4) is 0 Å². The fourth-order valence-electron chi connectivity index (χ4n) is 5.08. The van der Waals surface area contributed by atoms with Gasteiger partial charge in [0, 0.05) is 23.2 Å². The number of rotatable bonds is 7. The van der Waals surface area contributed by atoms with E-state index in [1.54, 1.807) is 37.3 Å². The summed E-state index contributed by atoms with van der Waals surface area (Å²) in [6.45, 7) is 4.07. The van der Waals surface area contributed by atoms with Gasteiger partial charge in [0.15, 0.2) is 11.5 Å². The number of hydrogen-bond donors (Lipinski definition) is 2. The number of aromatic hydroxyl groups is 1. The molecule has 5 rings (SSSR count). The first kappa shape index (κ1) is 24.4. The highest BCUT2D eigenvalue weighted by Crippen LogP contribution is 2.45. The highest BCUT2D eigenvalue weighted by atomic mass is 19.1. The molecule has 190 valence electrons. The summed E-state index contributed by atoms with van der Waals surface area (Å²) in [4.78, 5) is 15.3. The maximum atomic E-state index is 15.2. The van der Waals surface area contributed by atoms with E-state index < -0.39 is 11.9 Å².